The topological polar surface area (TPSA) is 70.2 Å². The van der Waals surface area contributed by atoms with Crippen LogP contribution in [0.25, 0.3) is 0 Å². The van der Waals surface area contributed by atoms with E-state index in [0.29, 0.717) is 16.6 Å². The molecule has 4 rings (SSSR count). The van der Waals surface area contributed by atoms with Crippen molar-refractivity contribution in [3.05, 3.63) is 35.0 Å². The van der Waals surface area contributed by atoms with Gasteiger partial charge < -0.3 is 10.2 Å². The van der Waals surface area contributed by atoms with E-state index < -0.39 is 0 Å². The number of aromatic nitrogens is 2. The molecule has 0 atom stereocenters. The molecular weight excluding hydrogens is 394 g/mol. The van der Waals surface area contributed by atoms with E-state index >= 15 is 0 Å². The lowest BCUT2D eigenvalue weighted by Crippen LogP contribution is -2.33. The molecule has 0 bridgehead atoms. The van der Waals surface area contributed by atoms with E-state index in [-0.39, 0.29) is 18.3 Å². The van der Waals surface area contributed by atoms with Gasteiger partial charge in [0.25, 0.3) is 5.91 Å². The molecule has 2 aliphatic rings. The molecule has 2 aliphatic heterocycles. The summed E-state index contributed by atoms with van der Waals surface area (Å²) in [5.41, 5.74) is 0.572. The lowest BCUT2D eigenvalue weighted by Gasteiger charge is -2.31. The standard InChI is InChI=1S/C20H27N5OS.ClH/c1-14-6-10-25(11-7-14)18-3-2-16(12-22-18)19(26)24-20-23-13-17(27-20)15-4-8-21-9-5-15;/h2-3,12-15,21H,4-11H2,1H3,(H,23,24,26);1H. The van der Waals surface area contributed by atoms with Gasteiger partial charge in [-0.2, -0.15) is 0 Å². The highest BCUT2D eigenvalue weighted by atomic mass is 35.5. The molecule has 2 aromatic heterocycles. The fraction of sp³-hybridized carbons (Fsp3) is 0.550. The number of halogens is 1. The first-order chi connectivity index (χ1) is 13.2. The molecule has 152 valence electrons. The molecule has 2 saturated heterocycles. The summed E-state index contributed by atoms with van der Waals surface area (Å²) >= 11 is 1.59. The van der Waals surface area contributed by atoms with Gasteiger partial charge in [-0.15, -0.1) is 23.7 Å². The Balaban J connectivity index is 0.00000225. The van der Waals surface area contributed by atoms with Crippen LogP contribution in [0.3, 0.4) is 0 Å². The third-order valence-electron chi connectivity index (χ3n) is 5.60. The van der Waals surface area contributed by atoms with Crippen LogP contribution in [-0.4, -0.2) is 42.1 Å². The number of anilines is 2. The molecule has 0 aromatic carbocycles. The van der Waals surface area contributed by atoms with Crippen molar-refractivity contribution in [2.75, 3.05) is 36.4 Å². The van der Waals surface area contributed by atoms with Gasteiger partial charge in [0.15, 0.2) is 5.13 Å². The number of nitrogens with zero attached hydrogens (tertiary/aromatic N) is 3. The fourth-order valence-corrected chi connectivity index (χ4v) is 4.73. The van der Waals surface area contributed by atoms with Crippen LogP contribution in [-0.2, 0) is 0 Å². The highest BCUT2D eigenvalue weighted by molar-refractivity contribution is 7.15. The zero-order valence-corrected chi connectivity index (χ0v) is 17.8. The lowest BCUT2D eigenvalue weighted by molar-refractivity contribution is 0.102. The second-order valence-electron chi connectivity index (χ2n) is 7.62. The van der Waals surface area contributed by atoms with Crippen LogP contribution >= 0.6 is 23.7 Å². The van der Waals surface area contributed by atoms with Crippen molar-refractivity contribution >= 4 is 40.6 Å². The molecule has 6 nitrogen and oxygen atoms in total. The van der Waals surface area contributed by atoms with Crippen LogP contribution in [0.15, 0.2) is 24.5 Å². The normalized spacial score (nSPS) is 18.5. The monoisotopic (exact) mass is 421 g/mol. The molecule has 0 saturated carbocycles. The van der Waals surface area contributed by atoms with Crippen molar-refractivity contribution in [2.24, 2.45) is 5.92 Å². The Bertz CT molecular complexity index is 767. The lowest BCUT2D eigenvalue weighted by atomic mass is 9.97. The molecule has 0 unspecified atom stereocenters. The summed E-state index contributed by atoms with van der Waals surface area (Å²) in [6, 6.07) is 3.81. The zero-order valence-electron chi connectivity index (χ0n) is 16.2. The maximum atomic E-state index is 12.5. The third kappa shape index (κ3) is 5.01. The van der Waals surface area contributed by atoms with E-state index in [2.05, 4.69) is 32.4 Å². The Morgan fingerprint density at radius 3 is 2.57 bits per heavy atom. The van der Waals surface area contributed by atoms with E-state index in [1.54, 1.807) is 17.5 Å². The van der Waals surface area contributed by atoms with Gasteiger partial charge in [0.1, 0.15) is 5.82 Å². The predicted molar refractivity (Wildman–Crippen MR) is 117 cm³/mol. The molecule has 2 fully saturated rings. The smallest absolute Gasteiger partial charge is 0.259 e. The van der Waals surface area contributed by atoms with Gasteiger partial charge in [-0.05, 0) is 62.7 Å². The van der Waals surface area contributed by atoms with Crippen LogP contribution in [0.2, 0.25) is 0 Å². The fourth-order valence-electron chi connectivity index (χ4n) is 3.75. The molecule has 2 N–H and O–H groups in total. The van der Waals surface area contributed by atoms with Crippen LogP contribution in [0.1, 0.15) is 53.8 Å². The zero-order chi connectivity index (χ0) is 18.6. The Morgan fingerprint density at radius 1 is 1.14 bits per heavy atom. The van der Waals surface area contributed by atoms with Crippen molar-refractivity contribution in [1.82, 2.24) is 15.3 Å². The van der Waals surface area contributed by atoms with Gasteiger partial charge >= 0.3 is 0 Å². The van der Waals surface area contributed by atoms with Gasteiger partial charge in [-0.3, -0.25) is 10.1 Å². The molecule has 8 heteroatoms. The molecule has 0 aliphatic carbocycles. The van der Waals surface area contributed by atoms with E-state index in [9.17, 15) is 4.79 Å². The van der Waals surface area contributed by atoms with Crippen molar-refractivity contribution < 1.29 is 4.79 Å². The van der Waals surface area contributed by atoms with Crippen LogP contribution in [0.5, 0.6) is 0 Å². The van der Waals surface area contributed by atoms with E-state index in [0.717, 1.165) is 50.8 Å². The number of piperidine rings is 2. The quantitative estimate of drug-likeness (QED) is 0.783. The first kappa shape index (κ1) is 21.0. The minimum atomic E-state index is -0.146. The summed E-state index contributed by atoms with van der Waals surface area (Å²) in [5, 5.41) is 6.97. The van der Waals surface area contributed by atoms with E-state index in [1.807, 2.05) is 18.3 Å². The highest BCUT2D eigenvalue weighted by Crippen LogP contribution is 2.31. The number of amides is 1. The van der Waals surface area contributed by atoms with Crippen molar-refractivity contribution in [3.63, 3.8) is 0 Å². The molecule has 2 aromatic rings. The van der Waals surface area contributed by atoms with Gasteiger partial charge in [0, 0.05) is 30.4 Å². The second-order valence-corrected chi connectivity index (χ2v) is 8.68. The number of nitrogens with one attached hydrogen (secondary N) is 2. The highest BCUT2D eigenvalue weighted by Gasteiger charge is 2.19. The summed E-state index contributed by atoms with van der Waals surface area (Å²) in [6.45, 7) is 6.49. The number of carbonyl (C=O) groups excluding carboxylic acids is 1. The maximum absolute atomic E-state index is 12.5. The number of thiazole rings is 1. The molecule has 0 spiro atoms. The maximum Gasteiger partial charge on any atom is 0.259 e. The Labute approximate surface area is 176 Å². The van der Waals surface area contributed by atoms with Gasteiger partial charge in [-0.1, -0.05) is 6.92 Å². The summed E-state index contributed by atoms with van der Waals surface area (Å²) in [6.07, 6.45) is 8.26. The number of hydrogen-bond donors (Lipinski definition) is 2. The van der Waals surface area contributed by atoms with Crippen molar-refractivity contribution in [3.8, 4) is 0 Å². The number of hydrogen-bond acceptors (Lipinski definition) is 6. The van der Waals surface area contributed by atoms with Crippen molar-refractivity contribution in [1.29, 1.82) is 0 Å². The molecule has 4 heterocycles. The van der Waals surface area contributed by atoms with Gasteiger partial charge in [-0.25, -0.2) is 9.97 Å². The number of rotatable bonds is 4. The first-order valence-corrected chi connectivity index (χ1v) is 10.7. The molecule has 1 amide bonds. The first-order valence-electron chi connectivity index (χ1n) is 9.88. The van der Waals surface area contributed by atoms with Crippen LogP contribution in [0, 0.1) is 5.92 Å². The minimum Gasteiger partial charge on any atom is -0.357 e. The third-order valence-corrected chi connectivity index (χ3v) is 6.68. The Kier molecular flexibility index (Phi) is 7.26. The SMILES string of the molecule is CC1CCN(c2ccc(C(=O)Nc3ncc(C4CCNCC4)s3)cn2)CC1.Cl. The minimum absolute atomic E-state index is 0. The summed E-state index contributed by atoms with van der Waals surface area (Å²) < 4.78 is 0. The largest absolute Gasteiger partial charge is 0.357 e. The van der Waals surface area contributed by atoms with Crippen LogP contribution in [0.4, 0.5) is 10.9 Å². The van der Waals surface area contributed by atoms with Gasteiger partial charge in [0.2, 0.25) is 0 Å². The second kappa shape index (κ2) is 9.67. The molecule has 28 heavy (non-hydrogen) atoms. The Morgan fingerprint density at radius 2 is 1.89 bits per heavy atom. The molecule has 0 radical (unpaired) electrons. The summed E-state index contributed by atoms with van der Waals surface area (Å²) in [4.78, 5) is 25.0. The van der Waals surface area contributed by atoms with E-state index in [4.69, 9.17) is 0 Å². The Hall–Kier alpha value is -1.70. The average Bonchev–Trinajstić information content (AvgIpc) is 3.18. The number of pyridine rings is 1. The predicted octanol–water partition coefficient (Wildman–Crippen LogP) is 3.92. The molecular formula is C20H28ClN5OS. The van der Waals surface area contributed by atoms with Gasteiger partial charge in [0.05, 0.1) is 5.56 Å². The average molecular weight is 422 g/mol. The summed E-state index contributed by atoms with van der Waals surface area (Å²) in [7, 11) is 0. The number of carbonyl (C=O) groups is 1. The summed E-state index contributed by atoms with van der Waals surface area (Å²) in [5.74, 6) is 2.16. The van der Waals surface area contributed by atoms with Crippen LogP contribution < -0.4 is 15.5 Å². The van der Waals surface area contributed by atoms with E-state index in [1.165, 1.54) is 17.7 Å². The van der Waals surface area contributed by atoms with Crippen molar-refractivity contribution in [2.45, 2.75) is 38.5 Å².